The lowest BCUT2D eigenvalue weighted by Crippen LogP contribution is -2.28. The fourth-order valence-electron chi connectivity index (χ4n) is 1.75. The molecular weight excluding hydrogens is 282 g/mol. The Bertz CT molecular complexity index is 654. The summed E-state index contributed by atoms with van der Waals surface area (Å²) in [6, 6.07) is 6.74. The Balaban J connectivity index is 2.15. The number of aromatic nitrogens is 2. The Morgan fingerprint density at radius 2 is 2.20 bits per heavy atom. The van der Waals surface area contributed by atoms with Gasteiger partial charge in [0, 0.05) is 5.02 Å². The molecule has 7 heteroatoms. The van der Waals surface area contributed by atoms with E-state index in [4.69, 9.17) is 16.7 Å². The lowest BCUT2D eigenvalue weighted by Gasteiger charge is -2.14. The van der Waals surface area contributed by atoms with Crippen LogP contribution >= 0.6 is 11.6 Å². The number of carboxylic acids is 1. The summed E-state index contributed by atoms with van der Waals surface area (Å²) < 4.78 is 0. The normalized spacial score (nSPS) is 11.9. The monoisotopic (exact) mass is 293 g/mol. The molecule has 0 aliphatic heterocycles. The van der Waals surface area contributed by atoms with Crippen molar-refractivity contribution in [2.75, 3.05) is 0 Å². The standard InChI is InChI=1S/C13H12ClN3O3/c1-7(8-3-2-4-9(14)5-8)17-12(18)10-11(13(19)20)16-6-15-10/h2-7H,1H3,(H,15,16)(H,17,18)(H,19,20)/t7-/m1/s1. The molecule has 0 bridgehead atoms. The van der Waals surface area contributed by atoms with E-state index >= 15 is 0 Å². The zero-order valence-electron chi connectivity index (χ0n) is 10.6. The number of nitrogens with zero attached hydrogens (tertiary/aromatic N) is 1. The minimum Gasteiger partial charge on any atom is -0.477 e. The first-order valence-electron chi connectivity index (χ1n) is 5.82. The molecule has 0 unspecified atom stereocenters. The maximum absolute atomic E-state index is 12.0. The van der Waals surface area contributed by atoms with Crippen molar-refractivity contribution >= 4 is 23.5 Å². The molecule has 0 saturated carbocycles. The second-order valence-corrected chi connectivity index (χ2v) is 4.62. The van der Waals surface area contributed by atoms with Gasteiger partial charge in [-0.25, -0.2) is 9.78 Å². The van der Waals surface area contributed by atoms with Crippen molar-refractivity contribution in [1.29, 1.82) is 0 Å². The Hall–Kier alpha value is -2.34. The predicted octanol–water partition coefficient (Wildman–Crippen LogP) is 2.25. The molecule has 0 aliphatic carbocycles. The van der Waals surface area contributed by atoms with Crippen LogP contribution in [0.4, 0.5) is 0 Å². The summed E-state index contributed by atoms with van der Waals surface area (Å²) >= 11 is 5.88. The molecule has 1 atom stereocenters. The summed E-state index contributed by atoms with van der Waals surface area (Å²) in [6.07, 6.45) is 1.17. The van der Waals surface area contributed by atoms with E-state index in [0.717, 1.165) is 5.56 Å². The second kappa shape index (κ2) is 5.75. The smallest absolute Gasteiger partial charge is 0.354 e. The number of amides is 1. The minimum absolute atomic E-state index is 0.147. The van der Waals surface area contributed by atoms with Crippen molar-refractivity contribution < 1.29 is 14.7 Å². The van der Waals surface area contributed by atoms with Crippen molar-refractivity contribution in [1.82, 2.24) is 15.3 Å². The van der Waals surface area contributed by atoms with E-state index < -0.39 is 11.9 Å². The summed E-state index contributed by atoms with van der Waals surface area (Å²) in [5.74, 6) is -1.79. The van der Waals surface area contributed by atoms with Crippen LogP contribution in [0.3, 0.4) is 0 Å². The molecule has 1 aromatic carbocycles. The molecule has 2 rings (SSSR count). The Morgan fingerprint density at radius 3 is 2.85 bits per heavy atom. The van der Waals surface area contributed by atoms with Crippen LogP contribution in [-0.2, 0) is 0 Å². The van der Waals surface area contributed by atoms with Crippen LogP contribution < -0.4 is 5.32 Å². The number of carbonyl (C=O) groups excluding carboxylic acids is 1. The van der Waals surface area contributed by atoms with Gasteiger partial charge in [0.05, 0.1) is 12.4 Å². The molecular formula is C13H12ClN3O3. The third kappa shape index (κ3) is 2.97. The number of aromatic carboxylic acids is 1. The summed E-state index contributed by atoms with van der Waals surface area (Å²) in [5, 5.41) is 12.2. The number of hydrogen-bond acceptors (Lipinski definition) is 3. The maximum atomic E-state index is 12.0. The van der Waals surface area contributed by atoms with Gasteiger partial charge in [0.15, 0.2) is 11.4 Å². The SMILES string of the molecule is C[C@@H](NC(=O)c1nc[nH]c1C(=O)O)c1cccc(Cl)c1. The van der Waals surface area contributed by atoms with Crippen LogP contribution in [0.1, 0.15) is 39.5 Å². The van der Waals surface area contributed by atoms with Crippen LogP contribution in [0.15, 0.2) is 30.6 Å². The molecule has 2 aromatic rings. The third-order valence-electron chi connectivity index (χ3n) is 2.76. The van der Waals surface area contributed by atoms with Crippen LogP contribution in [0.25, 0.3) is 0 Å². The van der Waals surface area contributed by atoms with Gasteiger partial charge in [-0.05, 0) is 24.6 Å². The number of hydrogen-bond donors (Lipinski definition) is 3. The Morgan fingerprint density at radius 1 is 1.45 bits per heavy atom. The van der Waals surface area contributed by atoms with Crippen molar-refractivity contribution in [2.24, 2.45) is 0 Å². The molecule has 0 radical (unpaired) electrons. The maximum Gasteiger partial charge on any atom is 0.354 e. The highest BCUT2D eigenvalue weighted by atomic mass is 35.5. The number of imidazole rings is 1. The van der Waals surface area contributed by atoms with Gasteiger partial charge in [-0.1, -0.05) is 23.7 Å². The first-order chi connectivity index (χ1) is 9.49. The van der Waals surface area contributed by atoms with E-state index in [0.29, 0.717) is 5.02 Å². The van der Waals surface area contributed by atoms with Crippen molar-refractivity contribution in [3.8, 4) is 0 Å². The number of aromatic amines is 1. The summed E-state index contributed by atoms with van der Waals surface area (Å²) in [6.45, 7) is 1.77. The largest absolute Gasteiger partial charge is 0.477 e. The van der Waals surface area contributed by atoms with E-state index in [1.807, 2.05) is 6.07 Å². The van der Waals surface area contributed by atoms with Gasteiger partial charge < -0.3 is 15.4 Å². The highest BCUT2D eigenvalue weighted by Gasteiger charge is 2.21. The van der Waals surface area contributed by atoms with Gasteiger partial charge in [0.25, 0.3) is 5.91 Å². The fourth-order valence-corrected chi connectivity index (χ4v) is 1.95. The van der Waals surface area contributed by atoms with Gasteiger partial charge in [-0.15, -0.1) is 0 Å². The van der Waals surface area contributed by atoms with E-state index in [1.54, 1.807) is 25.1 Å². The predicted molar refractivity (Wildman–Crippen MR) is 72.9 cm³/mol. The molecule has 0 aliphatic rings. The van der Waals surface area contributed by atoms with E-state index in [1.165, 1.54) is 6.33 Å². The highest BCUT2D eigenvalue weighted by molar-refractivity contribution is 6.30. The molecule has 0 saturated heterocycles. The Labute approximate surface area is 119 Å². The number of nitrogens with one attached hydrogen (secondary N) is 2. The van der Waals surface area contributed by atoms with Gasteiger partial charge in [-0.3, -0.25) is 4.79 Å². The zero-order valence-corrected chi connectivity index (χ0v) is 11.3. The topological polar surface area (TPSA) is 95.1 Å². The van der Waals surface area contributed by atoms with Crippen LogP contribution in [0.5, 0.6) is 0 Å². The Kier molecular flexibility index (Phi) is 4.05. The minimum atomic E-state index is -1.23. The average molecular weight is 294 g/mol. The third-order valence-corrected chi connectivity index (χ3v) is 3.00. The molecule has 1 heterocycles. The first-order valence-corrected chi connectivity index (χ1v) is 6.20. The first kappa shape index (κ1) is 14.1. The molecule has 1 aromatic heterocycles. The van der Waals surface area contributed by atoms with Crippen LogP contribution in [-0.4, -0.2) is 27.0 Å². The van der Waals surface area contributed by atoms with Crippen molar-refractivity contribution in [2.45, 2.75) is 13.0 Å². The summed E-state index contributed by atoms with van der Waals surface area (Å²) in [7, 11) is 0. The average Bonchev–Trinajstić information content (AvgIpc) is 2.88. The van der Waals surface area contributed by atoms with Gasteiger partial charge in [0.2, 0.25) is 0 Å². The van der Waals surface area contributed by atoms with E-state index in [2.05, 4.69) is 15.3 Å². The zero-order chi connectivity index (χ0) is 14.7. The molecule has 20 heavy (non-hydrogen) atoms. The number of rotatable bonds is 4. The second-order valence-electron chi connectivity index (χ2n) is 4.18. The highest BCUT2D eigenvalue weighted by Crippen LogP contribution is 2.18. The molecule has 0 spiro atoms. The van der Waals surface area contributed by atoms with E-state index in [-0.39, 0.29) is 17.4 Å². The lowest BCUT2D eigenvalue weighted by molar-refractivity contribution is 0.0684. The fraction of sp³-hybridized carbons (Fsp3) is 0.154. The van der Waals surface area contributed by atoms with Crippen molar-refractivity contribution in [3.63, 3.8) is 0 Å². The van der Waals surface area contributed by atoms with Gasteiger partial charge >= 0.3 is 5.97 Å². The number of carboxylic acid groups (broad SMARTS) is 1. The molecule has 1 amide bonds. The van der Waals surface area contributed by atoms with Gasteiger partial charge in [-0.2, -0.15) is 0 Å². The van der Waals surface area contributed by atoms with Crippen LogP contribution in [0, 0.1) is 0 Å². The van der Waals surface area contributed by atoms with E-state index in [9.17, 15) is 9.59 Å². The number of halogens is 1. The summed E-state index contributed by atoms with van der Waals surface area (Å²) in [4.78, 5) is 29.1. The van der Waals surface area contributed by atoms with Gasteiger partial charge in [0.1, 0.15) is 0 Å². The van der Waals surface area contributed by atoms with Crippen molar-refractivity contribution in [3.05, 3.63) is 52.6 Å². The lowest BCUT2D eigenvalue weighted by atomic mass is 10.1. The molecule has 3 N–H and O–H groups in total. The molecule has 0 fully saturated rings. The number of benzene rings is 1. The molecule has 6 nitrogen and oxygen atoms in total. The molecule has 104 valence electrons. The van der Waals surface area contributed by atoms with Crippen LogP contribution in [0.2, 0.25) is 5.02 Å². The summed E-state index contributed by atoms with van der Waals surface area (Å²) in [5.41, 5.74) is 0.436. The number of H-pyrrole nitrogens is 1. The number of carbonyl (C=O) groups is 2. The quantitative estimate of drug-likeness (QED) is 0.805.